The maximum Gasteiger partial charge on any atom is 0.451 e. The molecule has 20 heavy (non-hydrogen) atoms. The maximum atomic E-state index is 12.7. The Balaban J connectivity index is 2.76. The Morgan fingerprint density at radius 1 is 1.15 bits per heavy atom. The topological polar surface area (TPSA) is 53.1 Å². The molecule has 0 fully saturated rings. The molecule has 8 heteroatoms. The summed E-state index contributed by atoms with van der Waals surface area (Å²) in [6.45, 7) is 3.69. The van der Waals surface area contributed by atoms with Crippen molar-refractivity contribution in [3.8, 4) is 0 Å². The van der Waals surface area contributed by atoms with Crippen molar-refractivity contribution in [3.05, 3.63) is 11.9 Å². The van der Waals surface area contributed by atoms with E-state index in [0.717, 1.165) is 13.0 Å². The van der Waals surface area contributed by atoms with Gasteiger partial charge in [0.2, 0.25) is 5.82 Å². The molecule has 0 spiro atoms. The molecule has 0 saturated carbocycles. The van der Waals surface area contributed by atoms with Crippen molar-refractivity contribution in [2.45, 2.75) is 19.5 Å². The van der Waals surface area contributed by atoms with E-state index in [1.807, 2.05) is 19.0 Å². The van der Waals surface area contributed by atoms with Gasteiger partial charge in [-0.2, -0.15) is 13.2 Å². The van der Waals surface area contributed by atoms with E-state index in [9.17, 15) is 13.2 Å². The number of hydrogen-bond donors (Lipinski definition) is 2. The molecule has 0 unspecified atom stereocenters. The molecule has 0 aliphatic heterocycles. The second-order valence-corrected chi connectivity index (χ2v) is 4.57. The van der Waals surface area contributed by atoms with E-state index in [-0.39, 0.29) is 11.6 Å². The van der Waals surface area contributed by atoms with E-state index in [0.29, 0.717) is 13.1 Å². The summed E-state index contributed by atoms with van der Waals surface area (Å²) in [6.07, 6.45) is -3.74. The third-order valence-corrected chi connectivity index (χ3v) is 2.43. The molecule has 1 aromatic rings. The highest BCUT2D eigenvalue weighted by molar-refractivity contribution is 5.47. The molecule has 0 bridgehead atoms. The number of anilines is 2. The van der Waals surface area contributed by atoms with Gasteiger partial charge in [-0.3, -0.25) is 0 Å². The van der Waals surface area contributed by atoms with Crippen molar-refractivity contribution < 1.29 is 13.2 Å². The van der Waals surface area contributed by atoms with Crippen molar-refractivity contribution in [1.29, 1.82) is 0 Å². The van der Waals surface area contributed by atoms with Gasteiger partial charge in [0.1, 0.15) is 11.6 Å². The zero-order chi connectivity index (χ0) is 15.2. The quantitative estimate of drug-likeness (QED) is 0.755. The van der Waals surface area contributed by atoms with E-state index in [1.54, 1.807) is 6.92 Å². The zero-order valence-electron chi connectivity index (χ0n) is 11.9. The number of rotatable bonds is 7. The normalized spacial score (nSPS) is 11.8. The number of halogens is 3. The lowest BCUT2D eigenvalue weighted by Gasteiger charge is -2.13. The zero-order valence-corrected chi connectivity index (χ0v) is 11.9. The van der Waals surface area contributed by atoms with Crippen LogP contribution in [0.1, 0.15) is 19.2 Å². The highest BCUT2D eigenvalue weighted by atomic mass is 19.4. The van der Waals surface area contributed by atoms with Gasteiger partial charge in [-0.15, -0.1) is 0 Å². The number of aromatic nitrogens is 2. The molecule has 0 radical (unpaired) electrons. The average molecular weight is 291 g/mol. The van der Waals surface area contributed by atoms with Crippen molar-refractivity contribution in [2.24, 2.45) is 0 Å². The van der Waals surface area contributed by atoms with Crippen LogP contribution in [-0.2, 0) is 6.18 Å². The summed E-state index contributed by atoms with van der Waals surface area (Å²) in [4.78, 5) is 8.96. The van der Waals surface area contributed by atoms with Crippen LogP contribution in [0.2, 0.25) is 0 Å². The lowest BCUT2D eigenvalue weighted by atomic mass is 10.4. The molecule has 1 aromatic heterocycles. The van der Waals surface area contributed by atoms with Gasteiger partial charge in [-0.25, -0.2) is 9.97 Å². The number of alkyl halides is 3. The summed E-state index contributed by atoms with van der Waals surface area (Å²) in [5, 5.41) is 5.66. The SMILES string of the molecule is CCNc1cc(NCCCN(C)C)nc(C(F)(F)F)n1. The van der Waals surface area contributed by atoms with Crippen LogP contribution in [0.3, 0.4) is 0 Å². The van der Waals surface area contributed by atoms with E-state index >= 15 is 0 Å². The molecular formula is C12H20F3N5. The lowest BCUT2D eigenvalue weighted by molar-refractivity contribution is -0.144. The molecule has 1 rings (SSSR count). The number of nitrogens with zero attached hydrogens (tertiary/aromatic N) is 3. The summed E-state index contributed by atoms with van der Waals surface area (Å²) in [5.41, 5.74) is 0. The number of nitrogens with one attached hydrogen (secondary N) is 2. The smallest absolute Gasteiger partial charge is 0.370 e. The minimum absolute atomic E-state index is 0.171. The summed E-state index contributed by atoms with van der Waals surface area (Å²) in [5.74, 6) is -0.780. The predicted octanol–water partition coefficient (Wildman–Crippen LogP) is 2.29. The van der Waals surface area contributed by atoms with Crippen LogP contribution in [0.25, 0.3) is 0 Å². The molecule has 1 heterocycles. The minimum atomic E-state index is -4.55. The fourth-order valence-corrected chi connectivity index (χ4v) is 1.55. The molecular weight excluding hydrogens is 271 g/mol. The Labute approximate surface area is 116 Å². The standard InChI is InChI=1S/C12H20F3N5/c1-4-16-9-8-10(17-6-5-7-20(2)3)19-11(18-9)12(13,14)15/h8H,4-7H2,1-3H3,(H2,16,17,18,19). The molecule has 5 nitrogen and oxygen atoms in total. The summed E-state index contributed by atoms with van der Waals surface area (Å²) >= 11 is 0. The average Bonchev–Trinajstić information content (AvgIpc) is 2.33. The van der Waals surface area contributed by atoms with E-state index in [4.69, 9.17) is 0 Å². The second-order valence-electron chi connectivity index (χ2n) is 4.57. The van der Waals surface area contributed by atoms with Crippen LogP contribution in [-0.4, -0.2) is 48.6 Å². The molecule has 0 aromatic carbocycles. The van der Waals surface area contributed by atoms with Gasteiger partial charge >= 0.3 is 6.18 Å². The van der Waals surface area contributed by atoms with E-state index in [1.165, 1.54) is 6.07 Å². The lowest BCUT2D eigenvalue weighted by Crippen LogP contribution is -2.18. The fourth-order valence-electron chi connectivity index (χ4n) is 1.55. The summed E-state index contributed by atoms with van der Waals surface area (Å²) < 4.78 is 38.1. The first-order valence-electron chi connectivity index (χ1n) is 6.41. The molecule has 0 atom stereocenters. The molecule has 0 saturated heterocycles. The van der Waals surface area contributed by atoms with Crippen molar-refractivity contribution in [3.63, 3.8) is 0 Å². The summed E-state index contributed by atoms with van der Waals surface area (Å²) in [6, 6.07) is 1.48. The predicted molar refractivity (Wildman–Crippen MR) is 72.9 cm³/mol. The van der Waals surface area contributed by atoms with E-state index < -0.39 is 12.0 Å². The third-order valence-electron chi connectivity index (χ3n) is 2.43. The van der Waals surface area contributed by atoms with Gasteiger partial charge in [-0.1, -0.05) is 0 Å². The Morgan fingerprint density at radius 2 is 1.75 bits per heavy atom. The van der Waals surface area contributed by atoms with Crippen molar-refractivity contribution in [1.82, 2.24) is 14.9 Å². The van der Waals surface area contributed by atoms with Crippen LogP contribution in [0.5, 0.6) is 0 Å². The third kappa shape index (κ3) is 5.60. The first-order valence-corrected chi connectivity index (χ1v) is 6.41. The van der Waals surface area contributed by atoms with E-state index in [2.05, 4.69) is 20.6 Å². The van der Waals surface area contributed by atoms with Gasteiger partial charge < -0.3 is 15.5 Å². The highest BCUT2D eigenvalue weighted by Gasteiger charge is 2.35. The minimum Gasteiger partial charge on any atom is -0.370 e. The van der Waals surface area contributed by atoms with Crippen LogP contribution in [0.15, 0.2) is 6.07 Å². The second kappa shape index (κ2) is 7.28. The summed E-state index contributed by atoms with van der Waals surface area (Å²) in [7, 11) is 3.88. The Hall–Kier alpha value is -1.57. The monoisotopic (exact) mass is 291 g/mol. The molecule has 0 amide bonds. The van der Waals surface area contributed by atoms with Gasteiger partial charge in [-0.05, 0) is 34.0 Å². The first kappa shape index (κ1) is 16.5. The maximum absolute atomic E-state index is 12.7. The first-order chi connectivity index (χ1) is 9.32. The highest BCUT2D eigenvalue weighted by Crippen LogP contribution is 2.28. The molecule has 114 valence electrons. The molecule has 0 aliphatic rings. The van der Waals surface area contributed by atoms with Crippen molar-refractivity contribution in [2.75, 3.05) is 44.4 Å². The largest absolute Gasteiger partial charge is 0.451 e. The fraction of sp³-hybridized carbons (Fsp3) is 0.667. The van der Waals surface area contributed by atoms with Gasteiger partial charge in [0, 0.05) is 19.2 Å². The van der Waals surface area contributed by atoms with Gasteiger partial charge in [0.05, 0.1) is 0 Å². The van der Waals surface area contributed by atoms with Crippen LogP contribution in [0.4, 0.5) is 24.8 Å². The Morgan fingerprint density at radius 3 is 2.25 bits per heavy atom. The Kier molecular flexibility index (Phi) is 6.00. The molecule has 0 aliphatic carbocycles. The number of hydrogen-bond acceptors (Lipinski definition) is 5. The van der Waals surface area contributed by atoms with Crippen LogP contribution < -0.4 is 10.6 Å². The van der Waals surface area contributed by atoms with Crippen LogP contribution >= 0.6 is 0 Å². The van der Waals surface area contributed by atoms with Crippen molar-refractivity contribution >= 4 is 11.6 Å². The Bertz CT molecular complexity index is 420. The van der Waals surface area contributed by atoms with Crippen LogP contribution in [0, 0.1) is 0 Å². The molecule has 2 N–H and O–H groups in total. The van der Waals surface area contributed by atoms with Gasteiger partial charge in [0.25, 0.3) is 0 Å². The van der Waals surface area contributed by atoms with Gasteiger partial charge in [0.15, 0.2) is 0 Å².